The zero-order chi connectivity index (χ0) is 41.5. The first-order chi connectivity index (χ1) is 25.9. The summed E-state index contributed by atoms with van der Waals surface area (Å²) >= 11 is 3.33. The Morgan fingerprint density at radius 2 is 1.05 bits per heavy atom. The molecule has 0 aliphatic rings. The fraction of sp³-hybridized carbons (Fsp3) is 0.364. The molecule has 0 radical (unpaired) electrons. The summed E-state index contributed by atoms with van der Waals surface area (Å²) in [5.41, 5.74) is 3.95. The highest BCUT2D eigenvalue weighted by atomic mass is 79.9. The Hall–Kier alpha value is -4.58. The number of Topliss-reactive ketones (excluding diaryl/α,β-unsaturated/α-hetero) is 2. The third-order valence-corrected chi connectivity index (χ3v) is 10.4. The SMILES string of the molecule is CC(C(=O)O)c1ccc(CBr)cc1.CCC(C(=O)c1ccc(F)cc1)N(C)C.CCC(Cc1ccc(C(C)C(=O)O)cc1)(C(=O)c1ccc(F)cc1)N(C)C. The van der Waals surface area contributed by atoms with Gasteiger partial charge in [0, 0.05) is 16.5 Å². The van der Waals surface area contributed by atoms with Gasteiger partial charge in [0.15, 0.2) is 11.6 Å². The lowest BCUT2D eigenvalue weighted by Crippen LogP contribution is -2.52. The van der Waals surface area contributed by atoms with E-state index in [2.05, 4.69) is 15.9 Å². The standard InChI is InChI=1S/C22H26FNO3.C12H16FNO.C10H11BrO2/c1-5-22(24(3)4,20(25)18-10-12-19(23)13-11-18)14-16-6-8-17(9-7-16)15(2)21(26)27;1-4-11(14(2)3)12(15)9-5-7-10(13)8-6-9;1-7(10(12)13)9-4-2-8(6-11)3-5-9/h6-13,15H,5,14H2,1-4H3,(H,26,27);5-8,11H,4H2,1-3H3;2-5,7H,6H2,1H3,(H,12,13). The highest BCUT2D eigenvalue weighted by Crippen LogP contribution is 2.29. The van der Waals surface area contributed by atoms with Crippen molar-refractivity contribution in [3.8, 4) is 0 Å². The van der Waals surface area contributed by atoms with E-state index in [-0.39, 0.29) is 29.2 Å². The molecule has 8 nitrogen and oxygen atoms in total. The van der Waals surface area contributed by atoms with Crippen LogP contribution in [0.2, 0.25) is 0 Å². The van der Waals surface area contributed by atoms with E-state index in [1.807, 2.05) is 88.2 Å². The molecule has 0 saturated heterocycles. The van der Waals surface area contributed by atoms with E-state index in [1.165, 1.54) is 48.5 Å². The first-order valence-corrected chi connectivity index (χ1v) is 19.2. The van der Waals surface area contributed by atoms with Crippen LogP contribution in [0.4, 0.5) is 8.78 Å². The number of carboxylic acids is 2. The fourth-order valence-electron chi connectivity index (χ4n) is 5.95. The smallest absolute Gasteiger partial charge is 0.310 e. The van der Waals surface area contributed by atoms with Crippen LogP contribution >= 0.6 is 15.9 Å². The summed E-state index contributed by atoms with van der Waals surface area (Å²) in [5, 5.41) is 18.7. The maximum absolute atomic E-state index is 13.3. The van der Waals surface area contributed by atoms with Gasteiger partial charge in [-0.1, -0.05) is 78.3 Å². The predicted octanol–water partition coefficient (Wildman–Crippen LogP) is 9.27. The van der Waals surface area contributed by atoms with Crippen molar-refractivity contribution in [1.82, 2.24) is 9.80 Å². The molecule has 0 fully saturated rings. The summed E-state index contributed by atoms with van der Waals surface area (Å²) in [6.45, 7) is 7.26. The molecule has 4 aromatic carbocycles. The number of hydrogen-bond acceptors (Lipinski definition) is 6. The number of likely N-dealkylation sites (N-methyl/N-ethyl adjacent to an activating group) is 2. The molecule has 0 amide bonds. The number of alkyl halides is 1. The summed E-state index contributed by atoms with van der Waals surface area (Å²) in [6, 6.07) is 26.1. The van der Waals surface area contributed by atoms with Crippen molar-refractivity contribution in [2.45, 2.75) is 75.7 Å². The van der Waals surface area contributed by atoms with Crippen LogP contribution in [0.3, 0.4) is 0 Å². The van der Waals surface area contributed by atoms with Gasteiger partial charge in [-0.05, 0) is 132 Å². The molecule has 4 unspecified atom stereocenters. The first-order valence-electron chi connectivity index (χ1n) is 18.0. The zero-order valence-corrected chi connectivity index (χ0v) is 34.4. The van der Waals surface area contributed by atoms with Gasteiger partial charge in [0.1, 0.15) is 11.6 Å². The van der Waals surface area contributed by atoms with Gasteiger partial charge in [-0.15, -0.1) is 0 Å². The van der Waals surface area contributed by atoms with Crippen molar-refractivity contribution in [3.63, 3.8) is 0 Å². The van der Waals surface area contributed by atoms with E-state index < -0.39 is 29.3 Å². The molecule has 4 atom stereocenters. The van der Waals surface area contributed by atoms with Crippen molar-refractivity contribution in [1.29, 1.82) is 0 Å². The van der Waals surface area contributed by atoms with Crippen LogP contribution in [0.1, 0.15) is 95.3 Å². The van der Waals surface area contributed by atoms with E-state index >= 15 is 0 Å². The van der Waals surface area contributed by atoms with Gasteiger partial charge in [-0.2, -0.15) is 0 Å². The highest BCUT2D eigenvalue weighted by molar-refractivity contribution is 9.08. The molecule has 296 valence electrons. The van der Waals surface area contributed by atoms with Gasteiger partial charge in [0.05, 0.1) is 23.4 Å². The van der Waals surface area contributed by atoms with E-state index in [9.17, 15) is 28.0 Å². The van der Waals surface area contributed by atoms with Crippen molar-refractivity contribution < 1.29 is 38.2 Å². The number of ketones is 2. The van der Waals surface area contributed by atoms with Crippen molar-refractivity contribution in [2.24, 2.45) is 0 Å². The minimum Gasteiger partial charge on any atom is -0.481 e. The fourth-order valence-corrected chi connectivity index (χ4v) is 6.32. The van der Waals surface area contributed by atoms with Gasteiger partial charge in [-0.25, -0.2) is 8.78 Å². The zero-order valence-electron chi connectivity index (χ0n) is 32.9. The van der Waals surface area contributed by atoms with Crippen molar-refractivity contribution in [3.05, 3.63) is 142 Å². The third-order valence-electron chi connectivity index (χ3n) is 9.76. The normalized spacial score (nSPS) is 13.6. The van der Waals surface area contributed by atoms with E-state index in [1.54, 1.807) is 26.0 Å². The number of benzene rings is 4. The van der Waals surface area contributed by atoms with Crippen LogP contribution in [-0.2, 0) is 21.3 Å². The molecule has 2 N–H and O–H groups in total. The van der Waals surface area contributed by atoms with E-state index in [0.717, 1.165) is 34.0 Å². The van der Waals surface area contributed by atoms with Gasteiger partial charge >= 0.3 is 11.9 Å². The Morgan fingerprint density at radius 1 is 0.655 bits per heavy atom. The van der Waals surface area contributed by atoms with Crippen LogP contribution in [0.5, 0.6) is 0 Å². The molecular weight excluding hydrogens is 770 g/mol. The third kappa shape index (κ3) is 13.3. The molecule has 0 aliphatic carbocycles. The summed E-state index contributed by atoms with van der Waals surface area (Å²) in [6.07, 6.45) is 1.82. The monoisotopic (exact) mass is 822 g/mol. The lowest BCUT2D eigenvalue weighted by atomic mass is 9.80. The molecule has 4 aromatic rings. The van der Waals surface area contributed by atoms with Crippen molar-refractivity contribution in [2.75, 3.05) is 28.2 Å². The van der Waals surface area contributed by atoms with E-state index in [0.29, 0.717) is 24.0 Å². The second kappa shape index (κ2) is 22.1. The Kier molecular flexibility index (Phi) is 18.7. The van der Waals surface area contributed by atoms with Crippen LogP contribution in [0, 0.1) is 11.6 Å². The summed E-state index contributed by atoms with van der Waals surface area (Å²) in [4.78, 5) is 50.8. The predicted molar refractivity (Wildman–Crippen MR) is 217 cm³/mol. The first kappa shape index (κ1) is 46.6. The average molecular weight is 824 g/mol. The Bertz CT molecular complexity index is 1830. The lowest BCUT2D eigenvalue weighted by Gasteiger charge is -2.38. The minimum atomic E-state index is -0.870. The summed E-state index contributed by atoms with van der Waals surface area (Å²) in [5.74, 6) is -3.36. The molecule has 4 rings (SSSR count). The Morgan fingerprint density at radius 3 is 1.38 bits per heavy atom. The topological polar surface area (TPSA) is 115 Å². The van der Waals surface area contributed by atoms with Gasteiger partial charge in [0.25, 0.3) is 0 Å². The Labute approximate surface area is 332 Å². The number of nitrogens with zero attached hydrogens (tertiary/aromatic N) is 2. The molecule has 0 bridgehead atoms. The number of carbonyl (C=O) groups is 4. The van der Waals surface area contributed by atoms with Crippen LogP contribution < -0.4 is 0 Å². The van der Waals surface area contributed by atoms with Gasteiger partial charge < -0.3 is 10.2 Å². The average Bonchev–Trinajstić information content (AvgIpc) is 3.17. The molecule has 0 aromatic heterocycles. The Balaban J connectivity index is 0.000000314. The lowest BCUT2D eigenvalue weighted by molar-refractivity contribution is -0.139. The number of hydrogen-bond donors (Lipinski definition) is 2. The maximum atomic E-state index is 13.3. The van der Waals surface area contributed by atoms with E-state index in [4.69, 9.17) is 10.2 Å². The number of aliphatic carboxylic acids is 2. The maximum Gasteiger partial charge on any atom is 0.310 e. The molecule has 0 heterocycles. The minimum absolute atomic E-state index is 0.0440. The molecule has 0 spiro atoms. The highest BCUT2D eigenvalue weighted by Gasteiger charge is 2.39. The summed E-state index contributed by atoms with van der Waals surface area (Å²) < 4.78 is 25.9. The van der Waals surface area contributed by atoms with Crippen LogP contribution in [0.15, 0.2) is 97.1 Å². The number of halogens is 3. The molecule has 0 saturated carbocycles. The largest absolute Gasteiger partial charge is 0.481 e. The molecular formula is C44H53BrF2N2O6. The number of carbonyl (C=O) groups excluding carboxylic acids is 2. The molecule has 0 aliphatic heterocycles. The molecule has 55 heavy (non-hydrogen) atoms. The van der Waals surface area contributed by atoms with Gasteiger partial charge in [-0.3, -0.25) is 29.0 Å². The van der Waals surface area contributed by atoms with Crippen molar-refractivity contribution >= 4 is 39.4 Å². The van der Waals surface area contributed by atoms with Crippen LogP contribution in [-0.4, -0.2) is 83.3 Å². The second-order valence-electron chi connectivity index (χ2n) is 13.8. The second-order valence-corrected chi connectivity index (χ2v) is 14.3. The quantitative estimate of drug-likeness (QED) is 0.0901. The number of carboxylic acid groups (broad SMARTS) is 2. The van der Waals surface area contributed by atoms with Gasteiger partial charge in [0.2, 0.25) is 0 Å². The summed E-state index contributed by atoms with van der Waals surface area (Å²) in [7, 11) is 7.47. The molecule has 11 heteroatoms. The van der Waals surface area contributed by atoms with Crippen LogP contribution in [0.25, 0.3) is 0 Å². The number of rotatable bonds is 15.